The van der Waals surface area contributed by atoms with Crippen molar-refractivity contribution >= 4 is 110 Å². The number of nitriles is 2. The number of fused-ring (bicyclic) bond motifs is 6. The van der Waals surface area contributed by atoms with Gasteiger partial charge in [0, 0.05) is 51.1 Å². The number of benzene rings is 11. The molecule has 2 aliphatic heterocycles. The first-order valence-electron chi connectivity index (χ1n) is 21.9. The first kappa shape index (κ1) is 37.6. The minimum Gasteiger partial charge on any atom is -0.274 e. The molecule has 0 radical (unpaired) electrons. The van der Waals surface area contributed by atoms with Crippen LogP contribution in [0.5, 0.6) is 0 Å². The molecule has 11 aromatic carbocycles. The van der Waals surface area contributed by atoms with Gasteiger partial charge in [0.2, 0.25) is 0 Å². The highest BCUT2D eigenvalue weighted by Crippen LogP contribution is 2.49. The zero-order valence-electron chi connectivity index (χ0n) is 35.1. The molecule has 2 heterocycles. The van der Waals surface area contributed by atoms with Crippen LogP contribution in [0.4, 0.5) is 0 Å². The Morgan fingerprint density at radius 3 is 1.08 bits per heavy atom. The summed E-state index contributed by atoms with van der Waals surface area (Å²) in [6, 6.07) is 51.5. The highest BCUT2D eigenvalue weighted by molar-refractivity contribution is 6.42. The van der Waals surface area contributed by atoms with Gasteiger partial charge in [-0.25, -0.2) is 0 Å². The predicted octanol–water partition coefficient (Wildman–Crippen LogP) is 11.8. The topological polar surface area (TPSA) is 122 Å². The monoisotopic (exact) mass is 848 g/mol. The average Bonchev–Trinajstić information content (AvgIpc) is 3.35. The van der Waals surface area contributed by atoms with E-state index in [2.05, 4.69) is 72.8 Å². The lowest BCUT2D eigenvalue weighted by Crippen LogP contribution is -2.42. The van der Waals surface area contributed by atoms with Crippen LogP contribution < -0.4 is 0 Å². The molecule has 0 spiro atoms. The second kappa shape index (κ2) is 13.8. The van der Waals surface area contributed by atoms with Crippen LogP contribution >= 0.6 is 0 Å². The largest absolute Gasteiger partial charge is 0.274 e. The zero-order chi connectivity index (χ0) is 44.5. The van der Waals surface area contributed by atoms with E-state index in [-0.39, 0.29) is 35.3 Å². The fraction of sp³-hybridized carbons (Fsp3) is 0.0690. The minimum absolute atomic E-state index is 0.0786. The smallest absolute Gasteiger partial charge is 0.261 e. The molecule has 0 fully saturated rings. The summed E-state index contributed by atoms with van der Waals surface area (Å²) in [6.45, 7) is 0.234. The number of carbonyl (C=O) groups excluding carboxylic acids is 4. The van der Waals surface area contributed by atoms with Crippen molar-refractivity contribution in [3.63, 3.8) is 0 Å². The van der Waals surface area contributed by atoms with Crippen molar-refractivity contribution in [3.8, 4) is 12.1 Å². The summed E-state index contributed by atoms with van der Waals surface area (Å²) in [5.74, 6) is -1.88. The van der Waals surface area contributed by atoms with Gasteiger partial charge >= 0.3 is 0 Å². The molecule has 13 rings (SSSR count). The molecule has 0 aliphatic carbocycles. The van der Waals surface area contributed by atoms with Crippen LogP contribution in [0.25, 0.3) is 86.2 Å². The van der Waals surface area contributed by atoms with E-state index in [0.29, 0.717) is 67.1 Å². The lowest BCUT2D eigenvalue weighted by molar-refractivity contribution is 0.0597. The Morgan fingerprint density at radius 2 is 0.697 bits per heavy atom. The van der Waals surface area contributed by atoms with E-state index in [1.165, 1.54) is 9.80 Å². The molecule has 0 unspecified atom stereocenters. The number of hydrogen-bond donors (Lipinski definition) is 0. The number of imide groups is 2. The van der Waals surface area contributed by atoms with Crippen molar-refractivity contribution < 1.29 is 19.2 Å². The predicted molar refractivity (Wildman–Crippen MR) is 258 cm³/mol. The molecule has 4 amide bonds. The zero-order valence-corrected chi connectivity index (χ0v) is 35.1. The molecule has 0 saturated carbocycles. The molecule has 66 heavy (non-hydrogen) atoms. The highest BCUT2D eigenvalue weighted by Gasteiger charge is 2.38. The molecule has 0 saturated heterocycles. The first-order chi connectivity index (χ1) is 32.3. The number of carbonyl (C=O) groups is 4. The third-order valence-electron chi connectivity index (χ3n) is 14.2. The van der Waals surface area contributed by atoms with Gasteiger partial charge in [-0.1, -0.05) is 109 Å². The Labute approximate surface area is 376 Å². The minimum atomic E-state index is -0.514. The molecule has 0 bridgehead atoms. The fourth-order valence-corrected chi connectivity index (χ4v) is 11.4. The molecular weight excluding hydrogens is 817 g/mol. The Morgan fingerprint density at radius 1 is 0.348 bits per heavy atom. The van der Waals surface area contributed by atoms with Crippen LogP contribution in [-0.2, 0) is 12.8 Å². The Kier molecular flexibility index (Phi) is 7.83. The average molecular weight is 849 g/mol. The maximum absolute atomic E-state index is 14.7. The van der Waals surface area contributed by atoms with Crippen molar-refractivity contribution in [3.05, 3.63) is 190 Å². The maximum Gasteiger partial charge on any atom is 0.261 e. The third kappa shape index (κ3) is 5.01. The van der Waals surface area contributed by atoms with Crippen molar-refractivity contribution in [2.75, 3.05) is 13.1 Å². The Balaban J connectivity index is 0.942. The number of rotatable bonds is 6. The normalized spacial score (nSPS) is 13.7. The molecule has 2 aliphatic rings. The van der Waals surface area contributed by atoms with Crippen LogP contribution in [0.3, 0.4) is 0 Å². The summed E-state index contributed by atoms with van der Waals surface area (Å²) in [5, 5.41) is 34.2. The summed E-state index contributed by atoms with van der Waals surface area (Å²) in [5.41, 5.74) is 3.56. The number of amides is 4. The molecule has 308 valence electrons. The summed E-state index contributed by atoms with van der Waals surface area (Å²) in [6.07, 6.45) is 0.833. The fourth-order valence-electron chi connectivity index (χ4n) is 11.4. The summed E-state index contributed by atoms with van der Waals surface area (Å²) < 4.78 is 0. The molecular formula is C58H32N4O4. The van der Waals surface area contributed by atoms with Gasteiger partial charge in [0.25, 0.3) is 23.6 Å². The van der Waals surface area contributed by atoms with Gasteiger partial charge in [0.15, 0.2) is 0 Å². The van der Waals surface area contributed by atoms with Gasteiger partial charge in [-0.05, 0) is 120 Å². The van der Waals surface area contributed by atoms with E-state index in [1.54, 1.807) is 36.4 Å². The maximum atomic E-state index is 14.7. The van der Waals surface area contributed by atoms with Crippen LogP contribution in [-0.4, -0.2) is 46.5 Å². The van der Waals surface area contributed by atoms with Gasteiger partial charge in [0.1, 0.15) is 0 Å². The summed E-state index contributed by atoms with van der Waals surface area (Å²) in [4.78, 5) is 61.2. The van der Waals surface area contributed by atoms with Gasteiger partial charge in [0.05, 0.1) is 34.4 Å². The van der Waals surface area contributed by atoms with Gasteiger partial charge in [-0.15, -0.1) is 0 Å². The number of hydrogen-bond acceptors (Lipinski definition) is 6. The quantitative estimate of drug-likeness (QED) is 0.0933. The third-order valence-corrected chi connectivity index (χ3v) is 14.2. The second-order valence-electron chi connectivity index (χ2n) is 17.4. The first-order valence-corrected chi connectivity index (χ1v) is 21.9. The van der Waals surface area contributed by atoms with E-state index in [9.17, 15) is 29.7 Å². The number of nitrogens with zero attached hydrogens (tertiary/aromatic N) is 4. The SMILES string of the molecule is N#Cc1cc2c3c(cc(C#N)c4c5ccc6c7c(ccc(c1c34)c75)C(=O)N(CCc1c3ccccc3cc3ccccc13)C6=O)C(=O)N(CCc1c3ccccc3cc3ccccc13)C2=O. The molecule has 8 heteroatoms. The van der Waals surface area contributed by atoms with Gasteiger partial charge in [-0.2, -0.15) is 10.5 Å². The van der Waals surface area contributed by atoms with Crippen LogP contribution in [0.2, 0.25) is 0 Å². The molecule has 11 aromatic rings. The van der Waals surface area contributed by atoms with Crippen LogP contribution in [0.1, 0.15) is 63.7 Å². The van der Waals surface area contributed by atoms with Gasteiger partial charge in [-0.3, -0.25) is 29.0 Å². The van der Waals surface area contributed by atoms with E-state index >= 15 is 0 Å². The highest BCUT2D eigenvalue weighted by atomic mass is 16.2. The molecule has 0 aromatic heterocycles. The van der Waals surface area contributed by atoms with E-state index < -0.39 is 23.6 Å². The lowest BCUT2D eigenvalue weighted by atomic mass is 9.79. The lowest BCUT2D eigenvalue weighted by Gasteiger charge is -2.31. The van der Waals surface area contributed by atoms with Crippen molar-refractivity contribution in [1.29, 1.82) is 10.5 Å². The van der Waals surface area contributed by atoms with Crippen molar-refractivity contribution in [2.45, 2.75) is 12.8 Å². The summed E-state index contributed by atoms with van der Waals surface area (Å²) >= 11 is 0. The molecule has 0 atom stereocenters. The van der Waals surface area contributed by atoms with E-state index in [0.717, 1.165) is 54.2 Å². The van der Waals surface area contributed by atoms with E-state index in [4.69, 9.17) is 0 Å². The Bertz CT molecular complexity index is 3950. The van der Waals surface area contributed by atoms with Crippen molar-refractivity contribution in [2.24, 2.45) is 0 Å². The Hall–Kier alpha value is -8.98. The van der Waals surface area contributed by atoms with Crippen LogP contribution in [0.15, 0.2) is 146 Å². The standard InChI is InChI=1S/C58H32N4O4/c59-29-35-27-47-53-48(58(66)62(57(47)65)24-22-42-39-15-7-3-11-33(39)26-34-12-4-8-16-40(34)42)28-36(30-60)50-44-18-20-46-52-45(19-17-43(51(44)52)49(35)54(50)53)55(63)61(56(46)64)23-21-41-37-13-5-1-9-31(37)25-32-10-2-6-14-38(32)41/h1-20,25-28H,21-24H2. The van der Waals surface area contributed by atoms with Gasteiger partial charge < -0.3 is 0 Å². The van der Waals surface area contributed by atoms with Crippen LogP contribution in [0, 0.1) is 22.7 Å². The molecule has 0 N–H and O–H groups in total. The van der Waals surface area contributed by atoms with E-state index in [1.807, 2.05) is 48.5 Å². The molecule has 8 nitrogen and oxygen atoms in total. The second-order valence-corrected chi connectivity index (χ2v) is 17.4. The van der Waals surface area contributed by atoms with Crippen molar-refractivity contribution in [1.82, 2.24) is 9.80 Å². The summed E-state index contributed by atoms with van der Waals surface area (Å²) in [7, 11) is 0.